The molecule has 0 aliphatic carbocycles. The molecule has 1 saturated heterocycles. The Labute approximate surface area is 144 Å². The molecule has 1 atom stereocenters. The van der Waals surface area contributed by atoms with Crippen molar-refractivity contribution in [2.24, 2.45) is 0 Å². The Morgan fingerprint density at radius 2 is 2.20 bits per heavy atom. The molecule has 1 amide bonds. The second kappa shape index (κ2) is 6.86. The molecule has 0 spiro atoms. The van der Waals surface area contributed by atoms with E-state index in [1.54, 1.807) is 47.5 Å². The molecule has 128 valence electrons. The lowest BCUT2D eigenvalue weighted by atomic mass is 10.1. The Hall–Kier alpha value is -3.00. The topological polar surface area (TPSA) is 89.7 Å². The zero-order chi connectivity index (χ0) is 17.1. The van der Waals surface area contributed by atoms with Crippen molar-refractivity contribution >= 4 is 11.6 Å². The van der Waals surface area contributed by atoms with Crippen molar-refractivity contribution in [3.05, 3.63) is 54.7 Å². The average Bonchev–Trinajstić information content (AvgIpc) is 3.35. The summed E-state index contributed by atoms with van der Waals surface area (Å²) in [6.45, 7) is 1.93. The molecule has 0 aromatic carbocycles. The monoisotopic (exact) mass is 337 g/mol. The van der Waals surface area contributed by atoms with Gasteiger partial charge in [0.2, 0.25) is 0 Å². The molecule has 1 aliphatic heterocycles. The van der Waals surface area contributed by atoms with Crippen LogP contribution in [0.4, 0.5) is 5.69 Å². The summed E-state index contributed by atoms with van der Waals surface area (Å²) in [5, 5.41) is 14.8. The number of nitrogens with zero attached hydrogens (tertiary/aromatic N) is 5. The van der Waals surface area contributed by atoms with Crippen LogP contribution in [-0.4, -0.2) is 43.5 Å². The van der Waals surface area contributed by atoms with Gasteiger partial charge < -0.3 is 10.6 Å². The number of anilines is 1. The Morgan fingerprint density at radius 1 is 1.24 bits per heavy atom. The molecule has 4 heterocycles. The summed E-state index contributed by atoms with van der Waals surface area (Å²) in [7, 11) is 0. The van der Waals surface area contributed by atoms with Crippen molar-refractivity contribution in [3.63, 3.8) is 0 Å². The van der Waals surface area contributed by atoms with E-state index in [9.17, 15) is 4.79 Å². The maximum atomic E-state index is 12.6. The van der Waals surface area contributed by atoms with Crippen molar-refractivity contribution in [1.82, 2.24) is 29.9 Å². The normalized spacial score (nSPS) is 17.4. The third-order valence-corrected chi connectivity index (χ3v) is 4.24. The number of pyridine rings is 1. The summed E-state index contributed by atoms with van der Waals surface area (Å²) in [6.07, 6.45) is 9.17. The highest BCUT2D eigenvalue weighted by Crippen LogP contribution is 2.18. The SMILES string of the molecule is O=C(Nc1cccnc1-n1cccn1)c1ccn(C2CCCNC2)n1. The van der Waals surface area contributed by atoms with Gasteiger partial charge in [0.15, 0.2) is 11.5 Å². The number of piperidine rings is 1. The molecule has 0 radical (unpaired) electrons. The zero-order valence-electron chi connectivity index (χ0n) is 13.7. The highest BCUT2D eigenvalue weighted by Gasteiger charge is 2.18. The van der Waals surface area contributed by atoms with E-state index in [-0.39, 0.29) is 5.91 Å². The van der Waals surface area contributed by atoms with E-state index in [1.807, 2.05) is 10.9 Å². The highest BCUT2D eigenvalue weighted by molar-refractivity contribution is 6.03. The van der Waals surface area contributed by atoms with Gasteiger partial charge in [-0.3, -0.25) is 9.48 Å². The Bertz CT molecular complexity index is 850. The first kappa shape index (κ1) is 15.5. The van der Waals surface area contributed by atoms with Gasteiger partial charge in [0, 0.05) is 31.3 Å². The number of hydrogen-bond donors (Lipinski definition) is 2. The van der Waals surface area contributed by atoms with E-state index in [0.29, 0.717) is 23.2 Å². The van der Waals surface area contributed by atoms with Gasteiger partial charge in [-0.25, -0.2) is 9.67 Å². The van der Waals surface area contributed by atoms with Gasteiger partial charge in [-0.05, 0) is 43.7 Å². The van der Waals surface area contributed by atoms with Crippen LogP contribution in [-0.2, 0) is 0 Å². The van der Waals surface area contributed by atoms with E-state index in [0.717, 1.165) is 25.9 Å². The first-order valence-corrected chi connectivity index (χ1v) is 8.33. The third-order valence-electron chi connectivity index (χ3n) is 4.24. The maximum absolute atomic E-state index is 12.6. The number of amides is 1. The molecule has 3 aromatic rings. The second-order valence-electron chi connectivity index (χ2n) is 5.96. The minimum Gasteiger partial charge on any atom is -0.317 e. The summed E-state index contributed by atoms with van der Waals surface area (Å²) in [4.78, 5) is 16.9. The molecule has 2 N–H and O–H groups in total. The van der Waals surface area contributed by atoms with Gasteiger partial charge in [0.05, 0.1) is 11.7 Å². The van der Waals surface area contributed by atoms with E-state index < -0.39 is 0 Å². The lowest BCUT2D eigenvalue weighted by molar-refractivity contribution is 0.102. The van der Waals surface area contributed by atoms with E-state index >= 15 is 0 Å². The van der Waals surface area contributed by atoms with Crippen LogP contribution in [0.1, 0.15) is 29.4 Å². The van der Waals surface area contributed by atoms with Crippen molar-refractivity contribution < 1.29 is 4.79 Å². The summed E-state index contributed by atoms with van der Waals surface area (Å²) in [5.74, 6) is 0.306. The number of aromatic nitrogens is 5. The molecule has 0 saturated carbocycles. The van der Waals surface area contributed by atoms with Gasteiger partial charge in [0.1, 0.15) is 0 Å². The molecule has 4 rings (SSSR count). The van der Waals surface area contributed by atoms with Gasteiger partial charge in [-0.1, -0.05) is 0 Å². The van der Waals surface area contributed by atoms with Crippen molar-refractivity contribution in [1.29, 1.82) is 0 Å². The van der Waals surface area contributed by atoms with Crippen LogP contribution >= 0.6 is 0 Å². The molecule has 1 unspecified atom stereocenters. The fourth-order valence-electron chi connectivity index (χ4n) is 2.98. The molecular formula is C17H19N7O. The molecule has 0 bridgehead atoms. The minimum absolute atomic E-state index is 0.260. The third kappa shape index (κ3) is 3.29. The van der Waals surface area contributed by atoms with Crippen LogP contribution in [0.15, 0.2) is 49.1 Å². The standard InChI is InChI=1S/C17H19N7O/c25-17(15-6-11-23(22-15)13-4-1-7-18-12-13)21-14-5-2-8-19-16(14)24-10-3-9-20-24/h2-3,5-6,8-11,13,18H,1,4,7,12H2,(H,21,25). The predicted octanol–water partition coefficient (Wildman–Crippen LogP) is 1.64. The number of carbonyl (C=O) groups excluding carboxylic acids is 1. The van der Waals surface area contributed by atoms with E-state index in [2.05, 4.69) is 25.8 Å². The number of nitrogens with one attached hydrogen (secondary N) is 2. The minimum atomic E-state index is -0.260. The van der Waals surface area contributed by atoms with Crippen molar-refractivity contribution in [3.8, 4) is 5.82 Å². The fourth-order valence-corrected chi connectivity index (χ4v) is 2.98. The Morgan fingerprint density at radius 3 is 3.00 bits per heavy atom. The highest BCUT2D eigenvalue weighted by atomic mass is 16.2. The molecule has 8 heteroatoms. The second-order valence-corrected chi connectivity index (χ2v) is 5.96. The maximum Gasteiger partial charge on any atom is 0.276 e. The van der Waals surface area contributed by atoms with E-state index in [4.69, 9.17) is 0 Å². The number of hydrogen-bond acceptors (Lipinski definition) is 5. The molecule has 3 aromatic heterocycles. The van der Waals surface area contributed by atoms with Crippen LogP contribution in [0.3, 0.4) is 0 Å². The Kier molecular flexibility index (Phi) is 4.26. The van der Waals surface area contributed by atoms with Crippen LogP contribution in [0.25, 0.3) is 5.82 Å². The van der Waals surface area contributed by atoms with Crippen molar-refractivity contribution in [2.75, 3.05) is 18.4 Å². The number of rotatable bonds is 4. The van der Waals surface area contributed by atoms with Crippen molar-refractivity contribution in [2.45, 2.75) is 18.9 Å². The lowest BCUT2D eigenvalue weighted by Crippen LogP contribution is -2.32. The zero-order valence-corrected chi connectivity index (χ0v) is 13.7. The molecule has 8 nitrogen and oxygen atoms in total. The van der Waals surface area contributed by atoms with Gasteiger partial charge in [-0.2, -0.15) is 10.2 Å². The average molecular weight is 337 g/mol. The van der Waals surface area contributed by atoms with E-state index in [1.165, 1.54) is 0 Å². The summed E-state index contributed by atoms with van der Waals surface area (Å²) < 4.78 is 3.49. The molecule has 1 aliphatic rings. The largest absolute Gasteiger partial charge is 0.317 e. The first-order chi connectivity index (χ1) is 12.3. The van der Waals surface area contributed by atoms with Crippen LogP contribution in [0, 0.1) is 0 Å². The van der Waals surface area contributed by atoms with Gasteiger partial charge >= 0.3 is 0 Å². The smallest absolute Gasteiger partial charge is 0.276 e. The summed E-state index contributed by atoms with van der Waals surface area (Å²) in [5.41, 5.74) is 0.978. The predicted molar refractivity (Wildman–Crippen MR) is 92.7 cm³/mol. The number of carbonyl (C=O) groups is 1. The summed E-state index contributed by atoms with van der Waals surface area (Å²) in [6, 6.07) is 7.42. The molecular weight excluding hydrogens is 318 g/mol. The van der Waals surface area contributed by atoms with Crippen LogP contribution in [0.2, 0.25) is 0 Å². The first-order valence-electron chi connectivity index (χ1n) is 8.33. The van der Waals surface area contributed by atoms with Gasteiger partial charge in [-0.15, -0.1) is 0 Å². The Balaban J connectivity index is 1.52. The quantitative estimate of drug-likeness (QED) is 0.755. The lowest BCUT2D eigenvalue weighted by Gasteiger charge is -2.22. The summed E-state index contributed by atoms with van der Waals surface area (Å²) >= 11 is 0. The van der Waals surface area contributed by atoms with Crippen LogP contribution < -0.4 is 10.6 Å². The molecule has 25 heavy (non-hydrogen) atoms. The van der Waals surface area contributed by atoms with Crippen LogP contribution in [0.5, 0.6) is 0 Å². The van der Waals surface area contributed by atoms with Gasteiger partial charge in [0.25, 0.3) is 5.91 Å². The fraction of sp³-hybridized carbons (Fsp3) is 0.294. The molecule has 1 fully saturated rings.